The van der Waals surface area contributed by atoms with Crippen molar-refractivity contribution in [2.45, 2.75) is 46.1 Å². The highest BCUT2D eigenvalue weighted by Gasteiger charge is 2.13. The zero-order valence-corrected chi connectivity index (χ0v) is 22.3. The molecule has 0 spiro atoms. The maximum Gasteiger partial charge on any atom is 0.344 e. The Bertz CT molecular complexity index is 1280. The van der Waals surface area contributed by atoms with Gasteiger partial charge in [0.2, 0.25) is 0 Å². The van der Waals surface area contributed by atoms with Gasteiger partial charge in [0, 0.05) is 42.3 Å². The molecule has 0 aliphatic rings. The van der Waals surface area contributed by atoms with Gasteiger partial charge in [-0.25, -0.2) is 9.78 Å². The first-order valence-corrected chi connectivity index (χ1v) is 12.4. The summed E-state index contributed by atoms with van der Waals surface area (Å²) in [6, 6.07) is 11.0. The third kappa shape index (κ3) is 6.91. The molecule has 0 aliphatic heterocycles. The molecule has 9 heteroatoms. The van der Waals surface area contributed by atoms with Crippen LogP contribution in [0, 0.1) is 0 Å². The molecule has 0 N–H and O–H groups in total. The molecule has 0 saturated heterocycles. The van der Waals surface area contributed by atoms with E-state index in [2.05, 4.69) is 28.0 Å². The number of aryl methyl sites for hydroxylation is 1. The number of anilines is 1. The zero-order valence-electron chi connectivity index (χ0n) is 20.7. The molecule has 2 aromatic carbocycles. The smallest absolute Gasteiger partial charge is 0.344 e. The Morgan fingerprint density at radius 2 is 2.00 bits per heavy atom. The Balaban J connectivity index is 2.02. The fraction of sp³-hybridized carbons (Fsp3) is 0.385. The van der Waals surface area contributed by atoms with E-state index in [4.69, 9.17) is 14.5 Å². The normalized spacial score (nSPS) is 11.4. The number of nitrogens with zero attached hydrogens (tertiary/aromatic N) is 4. The van der Waals surface area contributed by atoms with Crippen LogP contribution in [-0.2, 0) is 16.0 Å². The van der Waals surface area contributed by atoms with E-state index < -0.39 is 5.97 Å². The molecule has 0 aliphatic carbocycles. The lowest BCUT2D eigenvalue weighted by Gasteiger charge is -2.16. The van der Waals surface area contributed by atoms with Crippen LogP contribution in [0.1, 0.15) is 45.0 Å². The second-order valence-corrected chi connectivity index (χ2v) is 9.51. The summed E-state index contributed by atoms with van der Waals surface area (Å²) in [6.07, 6.45) is 3.81. The third-order valence-electron chi connectivity index (χ3n) is 5.17. The molecule has 0 unspecified atom stereocenters. The number of hydrogen-bond donors (Lipinski definition) is 0. The largest absolute Gasteiger partial charge is 0.481 e. The van der Waals surface area contributed by atoms with Gasteiger partial charge in [0.1, 0.15) is 11.6 Å². The monoisotopic (exact) mass is 542 g/mol. The number of unbranched alkanes of at least 4 members (excludes halogenated alkanes) is 1. The van der Waals surface area contributed by atoms with E-state index in [0.29, 0.717) is 34.5 Å². The minimum Gasteiger partial charge on any atom is -0.481 e. The quantitative estimate of drug-likeness (QED) is 0.270. The lowest BCUT2D eigenvalue weighted by Crippen LogP contribution is -2.22. The molecular weight excluding hydrogens is 512 g/mol. The van der Waals surface area contributed by atoms with Crippen LogP contribution in [0.4, 0.5) is 5.69 Å². The number of benzene rings is 2. The summed E-state index contributed by atoms with van der Waals surface area (Å²) in [5.74, 6) is 0.594. The Kier molecular flexibility index (Phi) is 9.03. The average molecular weight is 543 g/mol. The third-order valence-corrected chi connectivity index (χ3v) is 5.66. The van der Waals surface area contributed by atoms with Gasteiger partial charge in [0.15, 0.2) is 6.61 Å². The van der Waals surface area contributed by atoms with Gasteiger partial charge in [0.25, 0.3) is 5.56 Å². The van der Waals surface area contributed by atoms with Gasteiger partial charge in [-0.3, -0.25) is 4.79 Å². The highest BCUT2D eigenvalue weighted by Crippen LogP contribution is 2.24. The van der Waals surface area contributed by atoms with Crippen molar-refractivity contribution in [3.63, 3.8) is 0 Å². The predicted molar refractivity (Wildman–Crippen MR) is 143 cm³/mol. The van der Waals surface area contributed by atoms with E-state index in [1.165, 1.54) is 4.68 Å². The first-order valence-electron chi connectivity index (χ1n) is 11.6. The van der Waals surface area contributed by atoms with Crippen LogP contribution in [0.3, 0.4) is 0 Å². The zero-order chi connectivity index (χ0) is 25.5. The van der Waals surface area contributed by atoms with Crippen LogP contribution in [0.15, 0.2) is 50.8 Å². The van der Waals surface area contributed by atoms with Gasteiger partial charge in [-0.2, -0.15) is 9.78 Å². The van der Waals surface area contributed by atoms with E-state index in [9.17, 15) is 9.59 Å². The summed E-state index contributed by atoms with van der Waals surface area (Å²) in [7, 11) is 3.83. The first-order chi connectivity index (χ1) is 16.7. The van der Waals surface area contributed by atoms with Gasteiger partial charge in [-0.15, -0.1) is 0 Å². The molecule has 186 valence electrons. The maximum atomic E-state index is 13.3. The van der Waals surface area contributed by atoms with Gasteiger partial charge in [-0.05, 0) is 50.6 Å². The molecule has 0 amide bonds. The molecule has 1 heterocycles. The Hall–Kier alpha value is -3.20. The van der Waals surface area contributed by atoms with Gasteiger partial charge in [0.05, 0.1) is 23.2 Å². The summed E-state index contributed by atoms with van der Waals surface area (Å²) in [5.41, 5.74) is 1.91. The van der Waals surface area contributed by atoms with Crippen LogP contribution in [0.5, 0.6) is 5.75 Å². The Morgan fingerprint density at radius 3 is 2.69 bits per heavy atom. The standard InChI is InChI=1S/C26H31BrN4O4/c1-6-7-8-24-29-22-12-10-19(27)13-21(22)26(33)31(24)28-15-18-9-11-20(30(4)5)14-23(18)34-16-25(32)35-17(2)3/h9-15,17H,6-8,16H2,1-5H3. The molecule has 3 aromatic rings. The number of fused-ring (bicyclic) bond motifs is 1. The molecular formula is C26H31BrN4O4. The van der Waals surface area contributed by atoms with Crippen molar-refractivity contribution < 1.29 is 14.3 Å². The van der Waals surface area contributed by atoms with Crippen LogP contribution in [-0.4, -0.2) is 48.7 Å². The lowest BCUT2D eigenvalue weighted by molar-refractivity contribution is -0.149. The topological polar surface area (TPSA) is 86.0 Å². The molecule has 35 heavy (non-hydrogen) atoms. The molecule has 0 atom stereocenters. The summed E-state index contributed by atoms with van der Waals surface area (Å²) in [4.78, 5) is 32.0. The van der Waals surface area contributed by atoms with Crippen LogP contribution < -0.4 is 15.2 Å². The van der Waals surface area contributed by atoms with Crippen LogP contribution in [0.25, 0.3) is 10.9 Å². The van der Waals surface area contributed by atoms with Crippen molar-refractivity contribution >= 4 is 44.7 Å². The number of esters is 1. The SMILES string of the molecule is CCCCc1nc2ccc(Br)cc2c(=O)n1N=Cc1ccc(N(C)C)cc1OCC(=O)OC(C)C. The molecule has 0 fully saturated rings. The van der Waals surface area contributed by atoms with Gasteiger partial charge < -0.3 is 14.4 Å². The highest BCUT2D eigenvalue weighted by molar-refractivity contribution is 9.10. The lowest BCUT2D eigenvalue weighted by atomic mass is 10.2. The number of rotatable bonds is 10. The first kappa shape index (κ1) is 26.4. The fourth-order valence-electron chi connectivity index (χ4n) is 3.40. The Morgan fingerprint density at radius 1 is 1.23 bits per heavy atom. The molecule has 0 bridgehead atoms. The summed E-state index contributed by atoms with van der Waals surface area (Å²) < 4.78 is 13.1. The van der Waals surface area contributed by atoms with Crippen molar-refractivity contribution in [3.8, 4) is 5.75 Å². The molecule has 3 rings (SSSR count). The van der Waals surface area contributed by atoms with Crippen LogP contribution in [0.2, 0.25) is 0 Å². The van der Waals surface area contributed by atoms with Gasteiger partial charge in [-0.1, -0.05) is 29.3 Å². The van der Waals surface area contributed by atoms with Crippen molar-refractivity contribution in [1.82, 2.24) is 9.66 Å². The van der Waals surface area contributed by atoms with E-state index in [-0.39, 0.29) is 18.3 Å². The van der Waals surface area contributed by atoms with Crippen molar-refractivity contribution in [1.29, 1.82) is 0 Å². The van der Waals surface area contributed by atoms with E-state index >= 15 is 0 Å². The number of halogens is 1. The minimum absolute atomic E-state index is 0.228. The van der Waals surface area contributed by atoms with E-state index in [1.807, 2.05) is 49.3 Å². The Labute approximate surface area is 213 Å². The molecule has 8 nitrogen and oxygen atoms in total. The molecule has 0 saturated carbocycles. The summed E-state index contributed by atoms with van der Waals surface area (Å²) in [5, 5.41) is 4.99. The highest BCUT2D eigenvalue weighted by atomic mass is 79.9. The number of carbonyl (C=O) groups is 1. The van der Waals surface area contributed by atoms with Gasteiger partial charge >= 0.3 is 5.97 Å². The van der Waals surface area contributed by atoms with E-state index in [0.717, 1.165) is 23.0 Å². The predicted octanol–water partition coefficient (Wildman–Crippen LogP) is 4.78. The number of carbonyl (C=O) groups excluding carboxylic acids is 1. The van der Waals surface area contributed by atoms with E-state index in [1.54, 1.807) is 26.1 Å². The number of aromatic nitrogens is 2. The molecule has 1 aromatic heterocycles. The van der Waals surface area contributed by atoms with Crippen molar-refractivity contribution in [2.75, 3.05) is 25.6 Å². The summed E-state index contributed by atoms with van der Waals surface area (Å²) >= 11 is 3.43. The second-order valence-electron chi connectivity index (χ2n) is 8.60. The summed E-state index contributed by atoms with van der Waals surface area (Å²) in [6.45, 7) is 5.42. The average Bonchev–Trinajstić information content (AvgIpc) is 2.81. The second kappa shape index (κ2) is 12.0. The maximum absolute atomic E-state index is 13.3. The number of ether oxygens (including phenoxy) is 2. The van der Waals surface area contributed by atoms with Crippen LogP contribution >= 0.6 is 15.9 Å². The minimum atomic E-state index is -0.458. The van der Waals surface area contributed by atoms with Crippen molar-refractivity contribution in [3.05, 3.63) is 62.6 Å². The van der Waals surface area contributed by atoms with Crippen molar-refractivity contribution in [2.24, 2.45) is 5.10 Å². The fourth-order valence-corrected chi connectivity index (χ4v) is 3.76. The number of hydrogen-bond acceptors (Lipinski definition) is 7. The molecule has 0 radical (unpaired) electrons.